The molecule has 1 saturated carbocycles. The molecule has 1 aliphatic carbocycles. The van der Waals surface area contributed by atoms with Gasteiger partial charge in [-0.1, -0.05) is 23.7 Å². The van der Waals surface area contributed by atoms with Gasteiger partial charge in [-0.25, -0.2) is 0 Å². The molecule has 2 aliphatic heterocycles. The average molecular weight is 491 g/mol. The summed E-state index contributed by atoms with van der Waals surface area (Å²) in [4.78, 5) is 27.8. The Bertz CT molecular complexity index is 975. The van der Waals surface area contributed by atoms with E-state index in [-0.39, 0.29) is 41.7 Å². The average Bonchev–Trinajstić information content (AvgIpc) is 3.50. The van der Waals surface area contributed by atoms with Gasteiger partial charge in [0.15, 0.2) is 5.96 Å². The zero-order valence-electron chi connectivity index (χ0n) is 20.5. The van der Waals surface area contributed by atoms with Gasteiger partial charge >= 0.3 is 0 Å². The van der Waals surface area contributed by atoms with E-state index >= 15 is 0 Å². The first-order chi connectivity index (χ1) is 15.9. The predicted octanol–water partition coefficient (Wildman–Crippen LogP) is 3.63. The van der Waals surface area contributed by atoms with Crippen molar-refractivity contribution in [3.63, 3.8) is 0 Å². The third-order valence-electron chi connectivity index (χ3n) is 6.94. The van der Waals surface area contributed by atoms with E-state index in [0.29, 0.717) is 43.1 Å². The molecule has 3 aliphatic rings. The van der Waals surface area contributed by atoms with Crippen LogP contribution in [0.3, 0.4) is 0 Å². The van der Waals surface area contributed by atoms with Gasteiger partial charge in [-0.15, -0.1) is 0 Å². The van der Waals surface area contributed by atoms with Gasteiger partial charge in [0.2, 0.25) is 11.8 Å². The summed E-state index contributed by atoms with van der Waals surface area (Å²) in [6, 6.07) is 5.13. The number of ether oxygens (including phenoxy) is 2. The minimum Gasteiger partial charge on any atom is -0.486 e. The summed E-state index contributed by atoms with van der Waals surface area (Å²) < 4.78 is 11.4. The summed E-state index contributed by atoms with van der Waals surface area (Å²) in [6.07, 6.45) is 2.18. The Labute approximate surface area is 206 Å². The Kier molecular flexibility index (Phi) is 6.59. The number of fused-ring (bicyclic) bond motifs is 1. The first kappa shape index (κ1) is 24.8. The summed E-state index contributed by atoms with van der Waals surface area (Å²) >= 11 is 6.38. The number of nitrogens with one attached hydrogen (secondary N) is 3. The smallest absolute Gasteiger partial charge is 0.231 e. The molecule has 1 saturated heterocycles. The van der Waals surface area contributed by atoms with Crippen LogP contribution < -0.4 is 15.4 Å². The van der Waals surface area contributed by atoms with Crippen molar-refractivity contribution in [1.82, 2.24) is 15.5 Å². The van der Waals surface area contributed by atoms with Crippen LogP contribution in [-0.2, 0) is 14.3 Å². The molecule has 0 radical (unpaired) electrons. The van der Waals surface area contributed by atoms with Crippen LogP contribution in [0.2, 0.25) is 5.02 Å². The van der Waals surface area contributed by atoms with Gasteiger partial charge in [0.25, 0.3) is 0 Å². The quantitative estimate of drug-likeness (QED) is 0.541. The van der Waals surface area contributed by atoms with Crippen LogP contribution in [0.25, 0.3) is 0 Å². The second kappa shape index (κ2) is 9.04. The van der Waals surface area contributed by atoms with Crippen molar-refractivity contribution in [2.75, 3.05) is 13.7 Å². The van der Waals surface area contributed by atoms with Crippen molar-refractivity contribution in [2.45, 2.75) is 76.6 Å². The molecule has 2 fully saturated rings. The predicted molar refractivity (Wildman–Crippen MR) is 130 cm³/mol. The molecule has 0 bridgehead atoms. The maximum Gasteiger partial charge on any atom is 0.231 e. The number of halogens is 1. The highest BCUT2D eigenvalue weighted by molar-refractivity contribution is 6.32. The molecular formula is C25H35ClN4O4. The van der Waals surface area contributed by atoms with E-state index in [1.54, 1.807) is 13.2 Å². The summed E-state index contributed by atoms with van der Waals surface area (Å²) in [5.41, 5.74) is -0.0395. The fourth-order valence-electron chi connectivity index (χ4n) is 5.31. The Balaban J connectivity index is 1.49. The zero-order valence-corrected chi connectivity index (χ0v) is 21.3. The third kappa shape index (κ3) is 5.03. The van der Waals surface area contributed by atoms with Crippen molar-refractivity contribution in [3.05, 3.63) is 28.8 Å². The number of para-hydroxylation sites is 1. The van der Waals surface area contributed by atoms with Gasteiger partial charge in [0.05, 0.1) is 11.1 Å². The van der Waals surface area contributed by atoms with E-state index in [9.17, 15) is 9.59 Å². The van der Waals surface area contributed by atoms with Crippen LogP contribution in [0, 0.1) is 17.2 Å². The topological polar surface area (TPSA) is 104 Å². The van der Waals surface area contributed by atoms with E-state index in [1.807, 2.05) is 39.8 Å². The Hall–Kier alpha value is -2.32. The summed E-state index contributed by atoms with van der Waals surface area (Å²) in [7, 11) is 1.62. The molecule has 2 amide bonds. The van der Waals surface area contributed by atoms with Gasteiger partial charge in [-0.3, -0.25) is 19.9 Å². The van der Waals surface area contributed by atoms with Crippen molar-refractivity contribution in [3.8, 4) is 5.75 Å². The molecule has 9 heteroatoms. The van der Waals surface area contributed by atoms with E-state index < -0.39 is 11.1 Å². The van der Waals surface area contributed by atoms with Gasteiger partial charge in [0.1, 0.15) is 11.4 Å². The minimum atomic E-state index is -0.465. The number of nitrogens with zero attached hydrogens (tertiary/aromatic N) is 1. The lowest BCUT2D eigenvalue weighted by molar-refractivity contribution is -0.133. The van der Waals surface area contributed by atoms with Crippen molar-refractivity contribution in [2.24, 2.45) is 11.8 Å². The molecule has 3 N–H and O–H groups in total. The number of guanidine groups is 1. The monoisotopic (exact) mass is 490 g/mol. The first-order valence-electron chi connectivity index (χ1n) is 11.9. The summed E-state index contributed by atoms with van der Waals surface area (Å²) in [5, 5.41) is 15.4. The van der Waals surface area contributed by atoms with Crippen molar-refractivity contribution in [1.29, 1.82) is 5.41 Å². The SMILES string of the molecule is COCC[C@H]([C@@H]1C[C@H]1C(=O)NC1CC(C)(C)Oc2c(Cl)cccc21)N1C(=N)NC(C)(C)CC1=O. The molecule has 1 unspecified atom stereocenters. The zero-order chi connectivity index (χ0) is 24.8. The maximum atomic E-state index is 13.3. The first-order valence-corrected chi connectivity index (χ1v) is 12.3. The lowest BCUT2D eigenvalue weighted by Gasteiger charge is -2.42. The molecule has 4 rings (SSSR count). The number of hydrogen-bond acceptors (Lipinski definition) is 5. The Morgan fingerprint density at radius 1 is 1.38 bits per heavy atom. The molecule has 0 aromatic heterocycles. The summed E-state index contributed by atoms with van der Waals surface area (Å²) in [5.74, 6) is 0.362. The highest BCUT2D eigenvalue weighted by atomic mass is 35.5. The second-order valence-corrected chi connectivity index (χ2v) is 11.3. The van der Waals surface area contributed by atoms with Crippen LogP contribution in [0.5, 0.6) is 5.75 Å². The summed E-state index contributed by atoms with van der Waals surface area (Å²) in [6.45, 7) is 8.25. The molecule has 2 heterocycles. The second-order valence-electron chi connectivity index (χ2n) is 10.9. The fourth-order valence-corrected chi connectivity index (χ4v) is 5.53. The van der Waals surface area contributed by atoms with Gasteiger partial charge in [0, 0.05) is 49.6 Å². The standard InChI is InChI=1S/C25H35ClN4O4/c1-24(2)13-20(31)30(23(27)29-24)19(9-10-33-5)15-11-16(15)22(32)28-18-12-25(3,4)34-21-14(18)7-6-8-17(21)26/h6-8,15-16,18-19H,9-13H2,1-5H3,(H2,27,29)(H,28,32)/t15-,16-,18?,19-/m1/s1. The van der Waals surface area contributed by atoms with E-state index in [0.717, 1.165) is 5.56 Å². The van der Waals surface area contributed by atoms with Gasteiger partial charge < -0.3 is 20.1 Å². The molecule has 34 heavy (non-hydrogen) atoms. The Morgan fingerprint density at radius 2 is 2.12 bits per heavy atom. The van der Waals surface area contributed by atoms with Gasteiger partial charge in [-0.05, 0) is 52.5 Å². The largest absolute Gasteiger partial charge is 0.486 e. The number of amides is 2. The Morgan fingerprint density at radius 3 is 2.79 bits per heavy atom. The lowest BCUT2D eigenvalue weighted by atomic mass is 9.89. The number of carbonyl (C=O) groups is 2. The molecule has 8 nitrogen and oxygen atoms in total. The number of benzene rings is 1. The van der Waals surface area contributed by atoms with Crippen LogP contribution >= 0.6 is 11.6 Å². The highest BCUT2D eigenvalue weighted by Gasteiger charge is 2.53. The number of carbonyl (C=O) groups excluding carboxylic acids is 2. The lowest BCUT2D eigenvalue weighted by Crippen LogP contribution is -2.63. The fraction of sp³-hybridized carbons (Fsp3) is 0.640. The minimum absolute atomic E-state index is 0.0193. The highest BCUT2D eigenvalue weighted by Crippen LogP contribution is 2.47. The molecular weight excluding hydrogens is 456 g/mol. The van der Waals surface area contributed by atoms with Gasteiger partial charge in [-0.2, -0.15) is 0 Å². The van der Waals surface area contributed by atoms with Crippen LogP contribution in [0.15, 0.2) is 18.2 Å². The molecule has 1 aromatic rings. The molecule has 1 aromatic carbocycles. The van der Waals surface area contributed by atoms with Crippen molar-refractivity contribution < 1.29 is 19.1 Å². The maximum absolute atomic E-state index is 13.3. The van der Waals surface area contributed by atoms with E-state index in [4.69, 9.17) is 26.5 Å². The van der Waals surface area contributed by atoms with Crippen LogP contribution in [-0.4, -0.2) is 53.6 Å². The third-order valence-corrected chi connectivity index (χ3v) is 7.24. The van der Waals surface area contributed by atoms with Crippen molar-refractivity contribution >= 4 is 29.4 Å². The number of rotatable bonds is 7. The number of hydrogen-bond donors (Lipinski definition) is 3. The molecule has 186 valence electrons. The van der Waals surface area contributed by atoms with Crippen LogP contribution in [0.1, 0.15) is 65.0 Å². The molecule has 4 atom stereocenters. The number of methoxy groups -OCH3 is 1. The van der Waals surface area contributed by atoms with E-state index in [2.05, 4.69) is 10.6 Å². The van der Waals surface area contributed by atoms with E-state index in [1.165, 1.54) is 4.90 Å². The van der Waals surface area contributed by atoms with Crippen LogP contribution in [0.4, 0.5) is 0 Å². The normalized spacial score (nSPS) is 27.8. The molecule has 0 spiro atoms.